The van der Waals surface area contributed by atoms with Gasteiger partial charge in [-0.05, 0) is 38.2 Å². The van der Waals surface area contributed by atoms with E-state index in [1.807, 2.05) is 6.08 Å². The van der Waals surface area contributed by atoms with Gasteiger partial charge in [-0.15, -0.1) is 6.58 Å². The van der Waals surface area contributed by atoms with Gasteiger partial charge in [0.15, 0.2) is 0 Å². The van der Waals surface area contributed by atoms with Crippen LogP contribution in [0.25, 0.3) is 0 Å². The van der Waals surface area contributed by atoms with Gasteiger partial charge in [0.2, 0.25) is 0 Å². The zero-order valence-electron chi connectivity index (χ0n) is 7.47. The van der Waals surface area contributed by atoms with Crippen LogP contribution in [0.2, 0.25) is 0 Å². The molecular formula is C9H18BN. The van der Waals surface area contributed by atoms with Gasteiger partial charge in [0, 0.05) is 0 Å². The van der Waals surface area contributed by atoms with Crippen molar-refractivity contribution in [3.05, 3.63) is 12.7 Å². The minimum atomic E-state index is 0.176. The van der Waals surface area contributed by atoms with E-state index >= 15 is 0 Å². The van der Waals surface area contributed by atoms with Crippen LogP contribution >= 0.6 is 0 Å². The maximum absolute atomic E-state index is 5.76. The lowest BCUT2D eigenvalue weighted by atomic mass is 9.91. The lowest BCUT2D eigenvalue weighted by Crippen LogP contribution is -2.29. The average molecular weight is 151 g/mol. The Hall–Kier alpha value is -0.235. The van der Waals surface area contributed by atoms with Crippen LogP contribution in [0.3, 0.4) is 0 Å². The van der Waals surface area contributed by atoms with E-state index in [0.717, 1.165) is 32.2 Å². The summed E-state index contributed by atoms with van der Waals surface area (Å²) in [5, 5.41) is 3.23. The van der Waals surface area contributed by atoms with Crippen LogP contribution in [0.5, 0.6) is 0 Å². The van der Waals surface area contributed by atoms with Crippen LogP contribution in [0.1, 0.15) is 32.6 Å². The highest BCUT2D eigenvalue weighted by Gasteiger charge is 1.97. The van der Waals surface area contributed by atoms with Gasteiger partial charge < -0.3 is 5.32 Å². The van der Waals surface area contributed by atoms with Gasteiger partial charge in [0.1, 0.15) is 0 Å². The first kappa shape index (κ1) is 10.8. The summed E-state index contributed by atoms with van der Waals surface area (Å²) in [5.41, 5.74) is 0. The Morgan fingerprint density at radius 2 is 2.36 bits per heavy atom. The number of rotatable bonds is 7. The van der Waals surface area contributed by atoms with Crippen molar-refractivity contribution in [3.63, 3.8) is 0 Å². The molecule has 1 nitrogen and oxygen atoms in total. The molecule has 2 radical (unpaired) electrons. The molecule has 0 saturated carbocycles. The predicted octanol–water partition coefficient (Wildman–Crippen LogP) is 1.84. The number of hydrogen-bond acceptors (Lipinski definition) is 1. The molecule has 0 aromatic heterocycles. The summed E-state index contributed by atoms with van der Waals surface area (Å²) in [6.45, 7) is 6.82. The Labute approximate surface area is 71.7 Å². The third-order valence-corrected chi connectivity index (χ3v) is 1.58. The molecule has 0 saturated heterocycles. The molecular weight excluding hydrogens is 133 g/mol. The average Bonchev–Trinajstić information content (AvgIpc) is 2.01. The van der Waals surface area contributed by atoms with Crippen LogP contribution in [0, 0.1) is 0 Å². The van der Waals surface area contributed by atoms with E-state index in [0.29, 0.717) is 0 Å². The molecule has 0 aliphatic carbocycles. The molecule has 0 bridgehead atoms. The quantitative estimate of drug-likeness (QED) is 0.332. The Morgan fingerprint density at radius 1 is 1.64 bits per heavy atom. The highest BCUT2D eigenvalue weighted by molar-refractivity contribution is 6.11. The molecule has 62 valence electrons. The summed E-state index contributed by atoms with van der Waals surface area (Å²) in [5.74, 6) is 0.176. The molecule has 1 N–H and O–H groups in total. The zero-order chi connectivity index (χ0) is 8.53. The second-order valence-electron chi connectivity index (χ2n) is 2.78. The monoisotopic (exact) mass is 151 g/mol. The van der Waals surface area contributed by atoms with E-state index in [4.69, 9.17) is 7.85 Å². The lowest BCUT2D eigenvalue weighted by molar-refractivity contribution is 0.577. The maximum Gasteiger partial charge on any atom is 0.0906 e. The molecule has 0 spiro atoms. The van der Waals surface area contributed by atoms with E-state index in [1.54, 1.807) is 0 Å². The summed E-state index contributed by atoms with van der Waals surface area (Å²) in [7, 11) is 5.76. The molecule has 0 aliphatic rings. The van der Waals surface area contributed by atoms with Gasteiger partial charge >= 0.3 is 0 Å². The molecule has 0 fully saturated rings. The van der Waals surface area contributed by atoms with Crippen LogP contribution in [0.15, 0.2) is 12.7 Å². The second kappa shape index (κ2) is 7.87. The van der Waals surface area contributed by atoms with Crippen LogP contribution < -0.4 is 5.32 Å². The van der Waals surface area contributed by atoms with Gasteiger partial charge in [-0.25, -0.2) is 0 Å². The first-order valence-electron chi connectivity index (χ1n) is 4.41. The van der Waals surface area contributed by atoms with Crippen molar-refractivity contribution < 1.29 is 0 Å². The molecule has 1 unspecified atom stereocenters. The van der Waals surface area contributed by atoms with Gasteiger partial charge in [0.05, 0.1) is 7.85 Å². The highest BCUT2D eigenvalue weighted by atomic mass is 14.9. The molecule has 0 rings (SSSR count). The van der Waals surface area contributed by atoms with E-state index in [1.165, 1.54) is 0 Å². The summed E-state index contributed by atoms with van der Waals surface area (Å²) in [6, 6.07) is 0. The minimum absolute atomic E-state index is 0.176. The van der Waals surface area contributed by atoms with E-state index in [2.05, 4.69) is 18.8 Å². The molecule has 0 aliphatic heterocycles. The number of allylic oxidation sites excluding steroid dienone is 1. The number of unbranched alkanes of at least 4 members (excludes halogenated alkanes) is 1. The SMILES string of the molecule is [B]C(CCCC=C)NCCC. The van der Waals surface area contributed by atoms with E-state index < -0.39 is 0 Å². The van der Waals surface area contributed by atoms with Crippen LogP contribution in [-0.4, -0.2) is 20.3 Å². The van der Waals surface area contributed by atoms with Gasteiger partial charge in [-0.1, -0.05) is 13.0 Å². The summed E-state index contributed by atoms with van der Waals surface area (Å²) < 4.78 is 0. The van der Waals surface area contributed by atoms with Crippen LogP contribution in [-0.2, 0) is 0 Å². The van der Waals surface area contributed by atoms with Crippen molar-refractivity contribution in [1.82, 2.24) is 5.32 Å². The van der Waals surface area contributed by atoms with Crippen molar-refractivity contribution in [2.24, 2.45) is 0 Å². The minimum Gasteiger partial charge on any atom is -0.323 e. The highest BCUT2D eigenvalue weighted by Crippen LogP contribution is 1.98. The Morgan fingerprint density at radius 3 is 2.91 bits per heavy atom. The fourth-order valence-electron chi connectivity index (χ4n) is 0.914. The molecule has 0 heterocycles. The summed E-state index contributed by atoms with van der Waals surface area (Å²) in [6.07, 6.45) is 6.34. The van der Waals surface area contributed by atoms with Crippen LogP contribution in [0.4, 0.5) is 0 Å². The van der Waals surface area contributed by atoms with Gasteiger partial charge in [-0.2, -0.15) is 0 Å². The third-order valence-electron chi connectivity index (χ3n) is 1.58. The zero-order valence-corrected chi connectivity index (χ0v) is 7.47. The standard InChI is InChI=1S/C9H18BN/c1-3-5-6-7-9(10)11-8-4-2/h3,9,11H,1,4-8H2,2H3. The first-order valence-corrected chi connectivity index (χ1v) is 4.41. The summed E-state index contributed by atoms with van der Waals surface area (Å²) in [4.78, 5) is 0. The number of nitrogens with one attached hydrogen (secondary N) is 1. The Balaban J connectivity index is 3.08. The van der Waals surface area contributed by atoms with E-state index in [-0.39, 0.29) is 5.94 Å². The maximum atomic E-state index is 5.76. The molecule has 11 heavy (non-hydrogen) atoms. The Bertz CT molecular complexity index is 93.6. The van der Waals surface area contributed by atoms with E-state index in [9.17, 15) is 0 Å². The predicted molar refractivity (Wildman–Crippen MR) is 51.9 cm³/mol. The summed E-state index contributed by atoms with van der Waals surface area (Å²) >= 11 is 0. The fourth-order valence-corrected chi connectivity index (χ4v) is 0.914. The lowest BCUT2D eigenvalue weighted by Gasteiger charge is -2.11. The molecule has 0 aromatic carbocycles. The van der Waals surface area contributed by atoms with Gasteiger partial charge in [-0.3, -0.25) is 0 Å². The van der Waals surface area contributed by atoms with Crippen molar-refractivity contribution in [2.45, 2.75) is 38.5 Å². The topological polar surface area (TPSA) is 12.0 Å². The molecule has 0 amide bonds. The Kier molecular flexibility index (Phi) is 7.70. The molecule has 2 heteroatoms. The normalized spacial score (nSPS) is 12.8. The van der Waals surface area contributed by atoms with Crippen molar-refractivity contribution in [1.29, 1.82) is 0 Å². The smallest absolute Gasteiger partial charge is 0.0906 e. The molecule has 0 aromatic rings. The van der Waals surface area contributed by atoms with Crippen molar-refractivity contribution in [3.8, 4) is 0 Å². The van der Waals surface area contributed by atoms with Gasteiger partial charge in [0.25, 0.3) is 0 Å². The number of hydrogen-bond donors (Lipinski definition) is 1. The molecule has 1 atom stereocenters. The third kappa shape index (κ3) is 7.66. The second-order valence-corrected chi connectivity index (χ2v) is 2.78. The van der Waals surface area contributed by atoms with Crippen molar-refractivity contribution >= 4 is 7.85 Å². The van der Waals surface area contributed by atoms with Crippen molar-refractivity contribution in [2.75, 3.05) is 6.54 Å². The first-order chi connectivity index (χ1) is 5.31. The largest absolute Gasteiger partial charge is 0.323 e. The fraction of sp³-hybridized carbons (Fsp3) is 0.778.